The number of alkyl halides is 3. The molecule has 27 heavy (non-hydrogen) atoms. The standard InChI is InChI=1S/C18H13ClF5NO2/c19-12-8-10(18(22,23)24)4-5-15(12)26-7-6-11-9-27-17(25-11)16-13(20)2-1-3-14(16)21/h1-5,8,11H,6-7,9H2. The third-order valence-corrected chi connectivity index (χ3v) is 4.15. The van der Waals surface area contributed by atoms with E-state index in [1.807, 2.05) is 0 Å². The van der Waals surface area contributed by atoms with Crippen LogP contribution in [0.25, 0.3) is 0 Å². The van der Waals surface area contributed by atoms with Crippen LogP contribution in [0.15, 0.2) is 41.4 Å². The van der Waals surface area contributed by atoms with Gasteiger partial charge in [0.15, 0.2) is 0 Å². The average molecular weight is 406 g/mol. The SMILES string of the molecule is Fc1cccc(F)c1C1=NC(CCOc2ccc(C(F)(F)F)cc2Cl)CO1. The van der Waals surface area contributed by atoms with Gasteiger partial charge in [0.2, 0.25) is 5.90 Å². The van der Waals surface area contributed by atoms with Crippen LogP contribution >= 0.6 is 11.6 Å². The van der Waals surface area contributed by atoms with Crippen LogP contribution in [0.2, 0.25) is 5.02 Å². The van der Waals surface area contributed by atoms with Crippen LogP contribution in [-0.2, 0) is 10.9 Å². The molecule has 0 fully saturated rings. The lowest BCUT2D eigenvalue weighted by Gasteiger charge is -2.12. The molecule has 0 aliphatic carbocycles. The highest BCUT2D eigenvalue weighted by Crippen LogP contribution is 2.34. The van der Waals surface area contributed by atoms with Gasteiger partial charge in [0, 0.05) is 6.42 Å². The number of ether oxygens (including phenoxy) is 2. The Morgan fingerprint density at radius 3 is 2.48 bits per heavy atom. The minimum Gasteiger partial charge on any atom is -0.492 e. The lowest BCUT2D eigenvalue weighted by atomic mass is 10.2. The fraction of sp³-hybridized carbons (Fsp3) is 0.278. The van der Waals surface area contributed by atoms with E-state index in [9.17, 15) is 22.0 Å². The molecule has 0 spiro atoms. The van der Waals surface area contributed by atoms with Crippen LogP contribution in [0.1, 0.15) is 17.5 Å². The normalized spacial score (nSPS) is 16.8. The Kier molecular flexibility index (Phi) is 5.55. The van der Waals surface area contributed by atoms with Gasteiger partial charge in [-0.3, -0.25) is 0 Å². The van der Waals surface area contributed by atoms with Crippen molar-refractivity contribution in [3.8, 4) is 5.75 Å². The lowest BCUT2D eigenvalue weighted by molar-refractivity contribution is -0.137. The number of aliphatic imine (C=N–C) groups is 1. The molecule has 1 atom stereocenters. The smallest absolute Gasteiger partial charge is 0.416 e. The van der Waals surface area contributed by atoms with Gasteiger partial charge in [0.25, 0.3) is 0 Å². The number of benzene rings is 2. The van der Waals surface area contributed by atoms with Gasteiger partial charge in [-0.2, -0.15) is 13.2 Å². The summed E-state index contributed by atoms with van der Waals surface area (Å²) < 4.78 is 75.9. The van der Waals surface area contributed by atoms with Crippen molar-refractivity contribution >= 4 is 17.5 Å². The highest BCUT2D eigenvalue weighted by Gasteiger charge is 2.31. The minimum atomic E-state index is -4.49. The minimum absolute atomic E-state index is 0.0929. The molecule has 0 saturated carbocycles. The van der Waals surface area contributed by atoms with Gasteiger partial charge in [-0.1, -0.05) is 17.7 Å². The first-order chi connectivity index (χ1) is 12.8. The molecule has 0 amide bonds. The maximum atomic E-state index is 13.7. The fourth-order valence-electron chi connectivity index (χ4n) is 2.50. The van der Waals surface area contributed by atoms with Crippen LogP contribution in [0.3, 0.4) is 0 Å². The summed E-state index contributed by atoms with van der Waals surface area (Å²) in [5, 5.41) is -0.162. The zero-order valence-electron chi connectivity index (χ0n) is 13.7. The van der Waals surface area contributed by atoms with Gasteiger partial charge in [-0.05, 0) is 30.3 Å². The molecule has 1 aliphatic rings. The third kappa shape index (κ3) is 4.50. The van der Waals surface area contributed by atoms with Gasteiger partial charge >= 0.3 is 6.18 Å². The van der Waals surface area contributed by atoms with E-state index in [0.717, 1.165) is 30.3 Å². The molecule has 3 nitrogen and oxygen atoms in total. The van der Waals surface area contributed by atoms with Gasteiger partial charge in [0.1, 0.15) is 29.6 Å². The summed E-state index contributed by atoms with van der Waals surface area (Å²) in [6.07, 6.45) is -4.16. The molecule has 144 valence electrons. The first kappa shape index (κ1) is 19.4. The summed E-state index contributed by atoms with van der Waals surface area (Å²) in [6.45, 7) is 0.211. The van der Waals surface area contributed by atoms with Crippen molar-refractivity contribution in [2.45, 2.75) is 18.6 Å². The highest BCUT2D eigenvalue weighted by atomic mass is 35.5. The Morgan fingerprint density at radius 2 is 1.85 bits per heavy atom. The summed E-state index contributed by atoms with van der Waals surface area (Å²) in [6, 6.07) is 5.85. The molecule has 1 unspecified atom stereocenters. The topological polar surface area (TPSA) is 30.8 Å². The Hall–Kier alpha value is -2.35. The first-order valence-corrected chi connectivity index (χ1v) is 8.28. The number of rotatable bonds is 5. The van der Waals surface area contributed by atoms with Crippen LogP contribution in [0, 0.1) is 11.6 Å². The van der Waals surface area contributed by atoms with Gasteiger partial charge in [0.05, 0.1) is 23.2 Å². The Morgan fingerprint density at radius 1 is 1.15 bits per heavy atom. The molecule has 0 N–H and O–H groups in total. The monoisotopic (exact) mass is 405 g/mol. The summed E-state index contributed by atoms with van der Waals surface area (Å²) in [4.78, 5) is 4.13. The number of hydrogen-bond acceptors (Lipinski definition) is 3. The van der Waals surface area contributed by atoms with E-state index in [-0.39, 0.29) is 35.4 Å². The highest BCUT2D eigenvalue weighted by molar-refractivity contribution is 6.32. The molecule has 1 aliphatic heterocycles. The number of nitrogens with zero attached hydrogens (tertiary/aromatic N) is 1. The van der Waals surface area contributed by atoms with Crippen LogP contribution < -0.4 is 4.74 Å². The molecular weight excluding hydrogens is 393 g/mol. The van der Waals surface area contributed by atoms with Crippen molar-refractivity contribution in [2.75, 3.05) is 13.2 Å². The summed E-state index contributed by atoms with van der Waals surface area (Å²) in [5.41, 5.74) is -1.20. The molecule has 2 aromatic carbocycles. The predicted octanol–water partition coefficient (Wildman–Crippen LogP) is 5.25. The average Bonchev–Trinajstić information content (AvgIpc) is 3.03. The first-order valence-electron chi connectivity index (χ1n) is 7.90. The number of halogens is 6. The number of hydrogen-bond donors (Lipinski definition) is 0. The van der Waals surface area contributed by atoms with E-state index < -0.39 is 29.4 Å². The molecule has 0 radical (unpaired) electrons. The molecule has 1 heterocycles. The van der Waals surface area contributed by atoms with E-state index in [1.54, 1.807) is 0 Å². The van der Waals surface area contributed by atoms with E-state index in [2.05, 4.69) is 4.99 Å². The van der Waals surface area contributed by atoms with Crippen LogP contribution in [0.4, 0.5) is 22.0 Å². The molecule has 0 saturated heterocycles. The molecule has 9 heteroatoms. The fourth-order valence-corrected chi connectivity index (χ4v) is 2.74. The Balaban J connectivity index is 1.60. The second-order valence-electron chi connectivity index (χ2n) is 5.78. The Bertz CT molecular complexity index is 849. The maximum absolute atomic E-state index is 13.7. The Labute approximate surface area is 156 Å². The molecule has 3 rings (SSSR count). The molecule has 2 aromatic rings. The molecular formula is C18H13ClF5NO2. The largest absolute Gasteiger partial charge is 0.492 e. The predicted molar refractivity (Wildman–Crippen MR) is 89.2 cm³/mol. The van der Waals surface area contributed by atoms with Crippen molar-refractivity contribution in [2.24, 2.45) is 4.99 Å². The van der Waals surface area contributed by atoms with Crippen LogP contribution in [0.5, 0.6) is 5.75 Å². The summed E-state index contributed by atoms with van der Waals surface area (Å²) in [7, 11) is 0. The van der Waals surface area contributed by atoms with Crippen molar-refractivity contribution < 1.29 is 31.4 Å². The zero-order valence-corrected chi connectivity index (χ0v) is 14.5. The quantitative estimate of drug-likeness (QED) is 0.636. The van der Waals surface area contributed by atoms with Gasteiger partial charge in [-0.15, -0.1) is 0 Å². The summed E-state index contributed by atoms with van der Waals surface area (Å²) in [5.74, 6) is -1.57. The van der Waals surface area contributed by atoms with Gasteiger partial charge in [-0.25, -0.2) is 13.8 Å². The lowest BCUT2D eigenvalue weighted by Crippen LogP contribution is -2.12. The molecule has 0 bridgehead atoms. The van der Waals surface area contributed by atoms with Crippen molar-refractivity contribution in [1.29, 1.82) is 0 Å². The van der Waals surface area contributed by atoms with Crippen LogP contribution in [-0.4, -0.2) is 25.2 Å². The second kappa shape index (κ2) is 7.72. The van der Waals surface area contributed by atoms with E-state index in [4.69, 9.17) is 21.1 Å². The van der Waals surface area contributed by atoms with Gasteiger partial charge < -0.3 is 9.47 Å². The van der Waals surface area contributed by atoms with Crippen molar-refractivity contribution in [3.05, 3.63) is 64.2 Å². The zero-order chi connectivity index (χ0) is 19.6. The second-order valence-corrected chi connectivity index (χ2v) is 6.18. The third-order valence-electron chi connectivity index (χ3n) is 3.86. The van der Waals surface area contributed by atoms with Crippen molar-refractivity contribution in [1.82, 2.24) is 0 Å². The van der Waals surface area contributed by atoms with E-state index in [1.165, 1.54) is 6.07 Å². The summed E-state index contributed by atoms with van der Waals surface area (Å²) >= 11 is 5.81. The maximum Gasteiger partial charge on any atom is 0.416 e. The molecule has 0 aromatic heterocycles. The van der Waals surface area contributed by atoms with E-state index >= 15 is 0 Å². The van der Waals surface area contributed by atoms with Crippen molar-refractivity contribution in [3.63, 3.8) is 0 Å². The van der Waals surface area contributed by atoms with E-state index in [0.29, 0.717) is 6.42 Å².